The zero-order valence-corrected chi connectivity index (χ0v) is 13.5. The largest absolute Gasteiger partial charge is 0.311 e. The second-order valence-electron chi connectivity index (χ2n) is 6.67. The summed E-state index contributed by atoms with van der Waals surface area (Å²) in [4.78, 5) is 7.21. The first-order valence-corrected chi connectivity index (χ1v) is 8.62. The van der Waals surface area contributed by atoms with Gasteiger partial charge in [-0.2, -0.15) is 5.10 Å². The predicted octanol–water partition coefficient (Wildman–Crippen LogP) is 2.18. The highest BCUT2D eigenvalue weighted by atomic mass is 15.4. The maximum atomic E-state index is 4.50. The van der Waals surface area contributed by atoms with Crippen LogP contribution in [-0.4, -0.2) is 44.3 Å². The molecule has 1 spiro atoms. The Morgan fingerprint density at radius 2 is 2.14 bits per heavy atom. The van der Waals surface area contributed by atoms with Crippen molar-refractivity contribution in [3.8, 4) is 0 Å². The third kappa shape index (κ3) is 2.99. The molecule has 1 N–H and O–H groups in total. The van der Waals surface area contributed by atoms with E-state index in [9.17, 15) is 0 Å². The minimum Gasteiger partial charge on any atom is -0.311 e. The minimum absolute atomic E-state index is 0.370. The van der Waals surface area contributed by atoms with Crippen LogP contribution in [0, 0.1) is 0 Å². The molecule has 1 saturated carbocycles. The van der Waals surface area contributed by atoms with Gasteiger partial charge in [0.2, 0.25) is 0 Å². The van der Waals surface area contributed by atoms with E-state index >= 15 is 0 Å². The fraction of sp³-hybridized carbons (Fsp3) is 0.875. The summed E-state index contributed by atoms with van der Waals surface area (Å²) in [6, 6.07) is 0.638. The first-order valence-electron chi connectivity index (χ1n) is 8.62. The van der Waals surface area contributed by atoms with Crippen LogP contribution in [0.15, 0.2) is 6.33 Å². The highest BCUT2D eigenvalue weighted by Crippen LogP contribution is 2.37. The van der Waals surface area contributed by atoms with Crippen LogP contribution in [0.25, 0.3) is 0 Å². The normalized spacial score (nSPS) is 25.7. The lowest BCUT2D eigenvalue weighted by molar-refractivity contribution is 0.0305. The van der Waals surface area contributed by atoms with Gasteiger partial charge in [0.05, 0.1) is 6.54 Å². The summed E-state index contributed by atoms with van der Waals surface area (Å²) in [6.45, 7) is 8.59. The van der Waals surface area contributed by atoms with E-state index in [-0.39, 0.29) is 0 Å². The maximum absolute atomic E-state index is 4.50. The van der Waals surface area contributed by atoms with E-state index < -0.39 is 0 Å². The van der Waals surface area contributed by atoms with Crippen molar-refractivity contribution in [2.75, 3.05) is 13.1 Å². The number of hydrogen-bond acceptors (Lipinski definition) is 4. The first-order chi connectivity index (χ1) is 10.3. The van der Waals surface area contributed by atoms with E-state index in [0.29, 0.717) is 11.6 Å². The molecule has 0 amide bonds. The fourth-order valence-electron chi connectivity index (χ4n) is 4.12. The van der Waals surface area contributed by atoms with Gasteiger partial charge in [-0.05, 0) is 26.2 Å². The lowest BCUT2D eigenvalue weighted by atomic mass is 9.90. The summed E-state index contributed by atoms with van der Waals surface area (Å²) in [5, 5.41) is 8.14. The number of piperazine rings is 1. The predicted molar refractivity (Wildman–Crippen MR) is 84.0 cm³/mol. The molecular weight excluding hydrogens is 262 g/mol. The molecule has 1 atom stereocenters. The first kappa shape index (κ1) is 15.0. The quantitative estimate of drug-likeness (QED) is 0.903. The number of rotatable bonds is 5. The lowest BCUT2D eigenvalue weighted by Gasteiger charge is -2.48. The summed E-state index contributed by atoms with van der Waals surface area (Å²) in [7, 11) is 0. The molecule has 21 heavy (non-hydrogen) atoms. The molecule has 0 radical (unpaired) electrons. The number of aromatic nitrogens is 3. The molecule has 5 heteroatoms. The van der Waals surface area contributed by atoms with Gasteiger partial charge in [0.1, 0.15) is 12.2 Å². The summed E-state index contributed by atoms with van der Waals surface area (Å²) >= 11 is 0. The van der Waals surface area contributed by atoms with Gasteiger partial charge in [-0.25, -0.2) is 9.67 Å². The van der Waals surface area contributed by atoms with Crippen molar-refractivity contribution in [1.29, 1.82) is 0 Å². The molecule has 0 bridgehead atoms. The fourth-order valence-corrected chi connectivity index (χ4v) is 4.12. The molecule has 1 aliphatic heterocycles. The topological polar surface area (TPSA) is 46.0 Å². The van der Waals surface area contributed by atoms with Gasteiger partial charge in [0.15, 0.2) is 0 Å². The Bertz CT molecular complexity index is 449. The van der Waals surface area contributed by atoms with Crippen molar-refractivity contribution in [2.24, 2.45) is 0 Å². The van der Waals surface area contributed by atoms with Gasteiger partial charge < -0.3 is 5.32 Å². The molecule has 1 aromatic heterocycles. The Kier molecular flexibility index (Phi) is 4.60. The molecular formula is C16H29N5. The zero-order chi connectivity index (χ0) is 14.7. The van der Waals surface area contributed by atoms with Crippen LogP contribution in [0.3, 0.4) is 0 Å². The second-order valence-corrected chi connectivity index (χ2v) is 6.67. The van der Waals surface area contributed by atoms with Crippen molar-refractivity contribution < 1.29 is 0 Å². The molecule has 3 rings (SSSR count). The van der Waals surface area contributed by atoms with E-state index in [1.54, 1.807) is 6.33 Å². The molecule has 1 aliphatic carbocycles. The molecule has 1 unspecified atom stereocenters. The summed E-state index contributed by atoms with van der Waals surface area (Å²) in [5.41, 5.74) is 0.370. The van der Waals surface area contributed by atoms with E-state index in [1.165, 1.54) is 38.5 Å². The van der Waals surface area contributed by atoms with Crippen LogP contribution in [0.4, 0.5) is 0 Å². The highest BCUT2D eigenvalue weighted by Gasteiger charge is 2.43. The minimum atomic E-state index is 0.370. The zero-order valence-electron chi connectivity index (χ0n) is 13.5. The van der Waals surface area contributed by atoms with Gasteiger partial charge in [0, 0.05) is 31.2 Å². The standard InChI is InChI=1S/C16H29N5/c1-3-7-14-10-20(11-15-18-13-19-21(15)4-2)16(12-17-14)8-5-6-9-16/h13-14,17H,3-12H2,1-2H3. The second kappa shape index (κ2) is 6.44. The molecule has 2 heterocycles. The van der Waals surface area contributed by atoms with Gasteiger partial charge in [-0.1, -0.05) is 26.2 Å². The third-order valence-electron chi connectivity index (χ3n) is 5.33. The molecule has 2 fully saturated rings. The van der Waals surface area contributed by atoms with E-state index in [1.807, 2.05) is 4.68 Å². The van der Waals surface area contributed by atoms with Crippen molar-refractivity contribution in [3.63, 3.8) is 0 Å². The van der Waals surface area contributed by atoms with Crippen molar-refractivity contribution >= 4 is 0 Å². The van der Waals surface area contributed by atoms with Crippen LogP contribution in [0.1, 0.15) is 58.2 Å². The van der Waals surface area contributed by atoms with Crippen molar-refractivity contribution in [2.45, 2.75) is 77.0 Å². The van der Waals surface area contributed by atoms with Crippen molar-refractivity contribution in [1.82, 2.24) is 25.0 Å². The molecule has 5 nitrogen and oxygen atoms in total. The van der Waals surface area contributed by atoms with Gasteiger partial charge in [-0.15, -0.1) is 0 Å². The average molecular weight is 291 g/mol. The van der Waals surface area contributed by atoms with Crippen molar-refractivity contribution in [3.05, 3.63) is 12.2 Å². The van der Waals surface area contributed by atoms with Crippen LogP contribution in [-0.2, 0) is 13.1 Å². The number of aryl methyl sites for hydroxylation is 1. The molecule has 1 aromatic rings. The van der Waals surface area contributed by atoms with Crippen LogP contribution >= 0.6 is 0 Å². The Hall–Kier alpha value is -0.940. The van der Waals surface area contributed by atoms with E-state index in [4.69, 9.17) is 0 Å². The Balaban J connectivity index is 1.76. The SMILES string of the molecule is CCCC1CN(Cc2ncnn2CC)C2(CCCC2)CN1. The van der Waals surface area contributed by atoms with E-state index in [0.717, 1.165) is 32.0 Å². The molecule has 1 saturated heterocycles. The monoisotopic (exact) mass is 291 g/mol. The number of hydrogen-bond donors (Lipinski definition) is 1. The van der Waals surface area contributed by atoms with Crippen LogP contribution < -0.4 is 5.32 Å². The van der Waals surface area contributed by atoms with Crippen LogP contribution in [0.5, 0.6) is 0 Å². The lowest BCUT2D eigenvalue weighted by Crippen LogP contribution is -2.63. The van der Waals surface area contributed by atoms with Gasteiger partial charge >= 0.3 is 0 Å². The summed E-state index contributed by atoms with van der Waals surface area (Å²) in [6.07, 6.45) is 9.63. The van der Waals surface area contributed by atoms with Crippen LogP contribution in [0.2, 0.25) is 0 Å². The summed E-state index contributed by atoms with van der Waals surface area (Å²) < 4.78 is 2.04. The average Bonchev–Trinajstić information content (AvgIpc) is 3.13. The number of nitrogens with one attached hydrogen (secondary N) is 1. The third-order valence-corrected chi connectivity index (χ3v) is 5.33. The van der Waals surface area contributed by atoms with Gasteiger partial charge in [0.25, 0.3) is 0 Å². The molecule has 118 valence electrons. The Morgan fingerprint density at radius 3 is 2.86 bits per heavy atom. The summed E-state index contributed by atoms with van der Waals surface area (Å²) in [5.74, 6) is 1.13. The van der Waals surface area contributed by atoms with Gasteiger partial charge in [-0.3, -0.25) is 4.90 Å². The molecule has 0 aromatic carbocycles. The van der Waals surface area contributed by atoms with E-state index in [2.05, 4.69) is 34.1 Å². The Morgan fingerprint density at radius 1 is 1.33 bits per heavy atom. The smallest absolute Gasteiger partial charge is 0.141 e. The highest BCUT2D eigenvalue weighted by molar-refractivity contribution is 5.03. The molecule has 2 aliphatic rings. The maximum Gasteiger partial charge on any atom is 0.141 e. The number of nitrogens with zero attached hydrogens (tertiary/aromatic N) is 4. The Labute approximate surface area is 128 Å².